The van der Waals surface area contributed by atoms with E-state index in [4.69, 9.17) is 15.2 Å². The molecule has 3 rings (SSSR count). The number of ether oxygens (including phenoxy) is 2. The molecule has 0 aliphatic carbocycles. The van der Waals surface area contributed by atoms with Crippen molar-refractivity contribution in [2.24, 2.45) is 0 Å². The van der Waals surface area contributed by atoms with Crippen LogP contribution < -0.4 is 20.5 Å². The summed E-state index contributed by atoms with van der Waals surface area (Å²) in [7, 11) is 0. The molecule has 3 aromatic rings. The molecule has 0 unspecified atom stereocenters. The molecule has 27 heavy (non-hydrogen) atoms. The fourth-order valence-corrected chi connectivity index (χ4v) is 2.16. The van der Waals surface area contributed by atoms with Gasteiger partial charge in [-0.2, -0.15) is 15.0 Å². The molecule has 0 bridgehead atoms. The van der Waals surface area contributed by atoms with Gasteiger partial charge >= 0.3 is 6.01 Å². The zero-order valence-corrected chi connectivity index (χ0v) is 15.4. The van der Waals surface area contributed by atoms with E-state index in [-0.39, 0.29) is 11.8 Å². The molecule has 0 radical (unpaired) electrons. The van der Waals surface area contributed by atoms with Gasteiger partial charge in [0.05, 0.1) is 6.61 Å². The molecule has 0 saturated heterocycles. The Morgan fingerprint density at radius 1 is 1.22 bits per heavy atom. The van der Waals surface area contributed by atoms with E-state index in [0.717, 1.165) is 11.3 Å². The van der Waals surface area contributed by atoms with E-state index in [1.165, 1.54) is 6.07 Å². The predicted octanol–water partition coefficient (Wildman–Crippen LogP) is 3.37. The minimum Gasteiger partial charge on any atom is -0.464 e. The molecule has 0 spiro atoms. The third-order valence-corrected chi connectivity index (χ3v) is 3.55. The number of aromatic nitrogens is 5. The molecule has 0 aliphatic heterocycles. The van der Waals surface area contributed by atoms with Crippen molar-refractivity contribution >= 4 is 11.8 Å². The first kappa shape index (κ1) is 18.2. The molecule has 1 aromatic carbocycles. The smallest absolute Gasteiger partial charge is 0.321 e. The summed E-state index contributed by atoms with van der Waals surface area (Å²) in [5, 5.41) is 10.1. The van der Waals surface area contributed by atoms with E-state index < -0.39 is 0 Å². The molecule has 0 amide bonds. The molecule has 9 heteroatoms. The number of H-pyrrole nitrogens is 1. The average Bonchev–Trinajstić information content (AvgIpc) is 3.10. The van der Waals surface area contributed by atoms with Crippen LogP contribution in [0.15, 0.2) is 42.1 Å². The number of rotatable bonds is 7. The Morgan fingerprint density at radius 2 is 2.00 bits per heavy atom. The summed E-state index contributed by atoms with van der Waals surface area (Å²) in [6, 6.07) is 9.07. The number of aromatic amines is 1. The summed E-state index contributed by atoms with van der Waals surface area (Å²) >= 11 is 0. The second-order valence-corrected chi connectivity index (χ2v) is 5.58. The summed E-state index contributed by atoms with van der Waals surface area (Å²) in [6.07, 6.45) is 1.94. The number of benzene rings is 1. The SMILES string of the molecule is C/C=C(\C)Nc1n[nH]c(-c2ccc(Oc3cc(N)nc(OCC)n3)cc2)n1. The fourth-order valence-electron chi connectivity index (χ4n) is 2.16. The van der Waals surface area contributed by atoms with Crippen LogP contribution in [0.25, 0.3) is 11.4 Å². The van der Waals surface area contributed by atoms with Gasteiger partial charge in [-0.25, -0.2) is 0 Å². The van der Waals surface area contributed by atoms with Gasteiger partial charge in [-0.3, -0.25) is 5.10 Å². The number of nitrogens with one attached hydrogen (secondary N) is 2. The standard InChI is InChI=1S/C18H21N7O2/c1-4-11(3)20-17-23-16(24-25-17)12-6-8-13(9-7-12)27-15-10-14(19)21-18(22-15)26-5-2/h4,6-10H,5H2,1-3H3,(H2,19,21,22)(H2,20,23,24,25)/b11-4+. The Labute approximate surface area is 156 Å². The van der Waals surface area contributed by atoms with Crippen LogP contribution in [-0.2, 0) is 0 Å². The summed E-state index contributed by atoms with van der Waals surface area (Å²) < 4.78 is 11.0. The fraction of sp³-hybridized carbons (Fsp3) is 0.222. The van der Waals surface area contributed by atoms with Crippen LogP contribution in [0.2, 0.25) is 0 Å². The van der Waals surface area contributed by atoms with Crippen LogP contribution >= 0.6 is 0 Å². The van der Waals surface area contributed by atoms with Gasteiger partial charge in [0.15, 0.2) is 5.82 Å². The Bertz CT molecular complexity index is 935. The lowest BCUT2D eigenvalue weighted by atomic mass is 10.2. The first-order valence-electron chi connectivity index (χ1n) is 8.45. The van der Waals surface area contributed by atoms with Gasteiger partial charge in [0.25, 0.3) is 0 Å². The maximum absolute atomic E-state index is 5.75. The van der Waals surface area contributed by atoms with Crippen molar-refractivity contribution in [3.8, 4) is 29.0 Å². The molecule has 9 nitrogen and oxygen atoms in total. The summed E-state index contributed by atoms with van der Waals surface area (Å²) in [4.78, 5) is 12.6. The lowest BCUT2D eigenvalue weighted by molar-refractivity contribution is 0.307. The third kappa shape index (κ3) is 4.72. The summed E-state index contributed by atoms with van der Waals surface area (Å²) in [5.74, 6) is 2.35. The normalized spacial score (nSPS) is 11.3. The largest absolute Gasteiger partial charge is 0.464 e. The molecule has 0 atom stereocenters. The summed E-state index contributed by atoms with van der Waals surface area (Å²) in [6.45, 7) is 6.17. The van der Waals surface area contributed by atoms with E-state index in [2.05, 4.69) is 30.5 Å². The van der Waals surface area contributed by atoms with Gasteiger partial charge in [0.1, 0.15) is 11.6 Å². The highest BCUT2D eigenvalue weighted by atomic mass is 16.5. The van der Waals surface area contributed by atoms with Gasteiger partial charge in [-0.05, 0) is 45.0 Å². The Morgan fingerprint density at radius 3 is 2.70 bits per heavy atom. The number of nitrogens with zero attached hydrogens (tertiary/aromatic N) is 4. The van der Waals surface area contributed by atoms with Crippen molar-refractivity contribution in [3.05, 3.63) is 42.1 Å². The topological polar surface area (TPSA) is 124 Å². The zero-order chi connectivity index (χ0) is 19.2. The number of anilines is 2. The van der Waals surface area contributed by atoms with Gasteiger partial charge in [0, 0.05) is 17.3 Å². The molecule has 2 heterocycles. The summed E-state index contributed by atoms with van der Waals surface area (Å²) in [5.41, 5.74) is 7.60. The lowest BCUT2D eigenvalue weighted by Gasteiger charge is -2.08. The molecule has 2 aromatic heterocycles. The van der Waals surface area contributed by atoms with Crippen LogP contribution in [-0.4, -0.2) is 31.8 Å². The van der Waals surface area contributed by atoms with E-state index in [0.29, 0.717) is 30.0 Å². The quantitative estimate of drug-likeness (QED) is 0.580. The second kappa shape index (κ2) is 8.17. The minimum atomic E-state index is 0.183. The number of nitrogen functional groups attached to an aromatic ring is 1. The van der Waals surface area contributed by atoms with Crippen LogP contribution in [0, 0.1) is 0 Å². The maximum Gasteiger partial charge on any atom is 0.321 e. The first-order chi connectivity index (χ1) is 13.1. The molecule has 4 N–H and O–H groups in total. The van der Waals surface area contributed by atoms with Crippen molar-refractivity contribution in [2.45, 2.75) is 20.8 Å². The predicted molar refractivity (Wildman–Crippen MR) is 103 cm³/mol. The Kier molecular flexibility index (Phi) is 5.50. The van der Waals surface area contributed by atoms with Gasteiger partial charge < -0.3 is 20.5 Å². The highest BCUT2D eigenvalue weighted by Gasteiger charge is 2.08. The van der Waals surface area contributed by atoms with Crippen molar-refractivity contribution in [1.82, 2.24) is 25.1 Å². The second-order valence-electron chi connectivity index (χ2n) is 5.58. The van der Waals surface area contributed by atoms with Crippen molar-refractivity contribution in [2.75, 3.05) is 17.7 Å². The van der Waals surface area contributed by atoms with E-state index in [9.17, 15) is 0 Å². The van der Waals surface area contributed by atoms with Gasteiger partial charge in [0.2, 0.25) is 11.8 Å². The molecule has 140 valence electrons. The van der Waals surface area contributed by atoms with Gasteiger partial charge in [-0.1, -0.05) is 6.08 Å². The third-order valence-electron chi connectivity index (χ3n) is 3.55. The average molecular weight is 367 g/mol. The zero-order valence-electron chi connectivity index (χ0n) is 15.4. The molecule has 0 saturated carbocycles. The number of hydrogen-bond donors (Lipinski definition) is 3. The maximum atomic E-state index is 5.75. The van der Waals surface area contributed by atoms with Crippen molar-refractivity contribution in [3.63, 3.8) is 0 Å². The lowest BCUT2D eigenvalue weighted by Crippen LogP contribution is -2.01. The first-order valence-corrected chi connectivity index (χ1v) is 8.45. The Hall–Kier alpha value is -3.62. The number of hydrogen-bond acceptors (Lipinski definition) is 8. The van der Waals surface area contributed by atoms with Crippen molar-refractivity contribution in [1.29, 1.82) is 0 Å². The minimum absolute atomic E-state index is 0.183. The van der Waals surface area contributed by atoms with Crippen molar-refractivity contribution < 1.29 is 9.47 Å². The van der Waals surface area contributed by atoms with Crippen LogP contribution in [0.1, 0.15) is 20.8 Å². The van der Waals surface area contributed by atoms with Crippen LogP contribution in [0.4, 0.5) is 11.8 Å². The van der Waals surface area contributed by atoms with Crippen LogP contribution in [0.5, 0.6) is 17.6 Å². The highest BCUT2D eigenvalue weighted by molar-refractivity contribution is 5.58. The molecular formula is C18H21N7O2. The monoisotopic (exact) mass is 367 g/mol. The van der Waals surface area contributed by atoms with E-state index >= 15 is 0 Å². The Balaban J connectivity index is 1.72. The highest BCUT2D eigenvalue weighted by Crippen LogP contribution is 2.25. The van der Waals surface area contributed by atoms with Crippen LogP contribution in [0.3, 0.4) is 0 Å². The molecular weight excluding hydrogens is 346 g/mol. The number of allylic oxidation sites excluding steroid dienone is 2. The molecule has 0 aliphatic rings. The molecule has 0 fully saturated rings. The van der Waals surface area contributed by atoms with E-state index in [1.807, 2.05) is 39.0 Å². The van der Waals surface area contributed by atoms with Gasteiger partial charge in [-0.15, -0.1) is 5.10 Å². The van der Waals surface area contributed by atoms with E-state index in [1.54, 1.807) is 12.1 Å². The number of nitrogens with two attached hydrogens (primary N) is 1.